The van der Waals surface area contributed by atoms with E-state index in [1.54, 1.807) is 0 Å². The van der Waals surface area contributed by atoms with Gasteiger partial charge < -0.3 is 0 Å². The summed E-state index contributed by atoms with van der Waals surface area (Å²) < 4.78 is 78.0. The van der Waals surface area contributed by atoms with Gasteiger partial charge in [0.25, 0.3) is 0 Å². The van der Waals surface area contributed by atoms with Crippen LogP contribution in [-0.2, 0) is 23.9 Å². The Morgan fingerprint density at radius 2 is 1.00 bits per heavy atom. The Balaban J connectivity index is 2.46. The van der Waals surface area contributed by atoms with Gasteiger partial charge in [0.1, 0.15) is 21.4 Å². The summed E-state index contributed by atoms with van der Waals surface area (Å²) >= 11 is 0. The molecule has 0 amide bonds. The first-order valence-corrected chi connectivity index (χ1v) is 8.26. The van der Waals surface area contributed by atoms with E-state index in [0.717, 1.165) is 24.3 Å². The van der Waals surface area contributed by atoms with Crippen LogP contribution in [0.5, 0.6) is 0 Å². The van der Waals surface area contributed by atoms with Gasteiger partial charge in [0.15, 0.2) is 0 Å². The van der Waals surface area contributed by atoms with Crippen molar-refractivity contribution in [1.82, 2.24) is 0 Å². The molecule has 0 saturated carbocycles. The zero-order chi connectivity index (χ0) is 15.7. The molecule has 0 spiro atoms. The first-order valence-electron chi connectivity index (χ1n) is 5.44. The monoisotopic (exact) mass is 334 g/mol. The van der Waals surface area contributed by atoms with Gasteiger partial charge in [-0.05, 0) is 24.3 Å². The molecule has 21 heavy (non-hydrogen) atoms. The molecule has 2 aromatic carbocycles. The number of hydrogen-bond acceptors (Lipinski definition) is 5. The molecule has 0 aromatic heterocycles. The Morgan fingerprint density at radius 1 is 0.667 bits per heavy atom. The maximum absolute atomic E-state index is 13.4. The molecule has 0 N–H and O–H groups in total. The molecule has 0 bridgehead atoms. The summed E-state index contributed by atoms with van der Waals surface area (Å²) in [6.07, 6.45) is 0. The molecular formula is C12H8F2O5S2. The van der Waals surface area contributed by atoms with Crippen LogP contribution in [0.1, 0.15) is 0 Å². The topological polar surface area (TPSA) is 77.5 Å². The molecule has 0 saturated heterocycles. The first-order chi connectivity index (χ1) is 9.74. The third-order valence-electron chi connectivity index (χ3n) is 2.39. The maximum atomic E-state index is 13.4. The number of halogens is 2. The van der Waals surface area contributed by atoms with Crippen molar-refractivity contribution in [2.45, 2.75) is 9.79 Å². The summed E-state index contributed by atoms with van der Waals surface area (Å²) in [5.41, 5.74) is 0. The molecule has 5 nitrogen and oxygen atoms in total. The highest BCUT2D eigenvalue weighted by atomic mass is 32.3. The lowest BCUT2D eigenvalue weighted by Gasteiger charge is -2.07. The van der Waals surface area contributed by atoms with E-state index in [-0.39, 0.29) is 0 Å². The largest absolute Gasteiger partial charge is 0.314 e. The predicted octanol–water partition coefficient (Wildman–Crippen LogP) is 2.06. The molecule has 0 atom stereocenters. The van der Waals surface area contributed by atoms with E-state index in [2.05, 4.69) is 3.63 Å². The lowest BCUT2D eigenvalue weighted by atomic mass is 10.4. The van der Waals surface area contributed by atoms with Gasteiger partial charge >= 0.3 is 20.2 Å². The van der Waals surface area contributed by atoms with Gasteiger partial charge in [0.2, 0.25) is 0 Å². The highest BCUT2D eigenvalue weighted by Crippen LogP contribution is 2.23. The van der Waals surface area contributed by atoms with Crippen LogP contribution in [0.3, 0.4) is 0 Å². The van der Waals surface area contributed by atoms with Gasteiger partial charge in [0, 0.05) is 0 Å². The van der Waals surface area contributed by atoms with Gasteiger partial charge in [-0.25, -0.2) is 8.78 Å². The van der Waals surface area contributed by atoms with Crippen LogP contribution in [0.2, 0.25) is 0 Å². The Kier molecular flexibility index (Phi) is 4.08. The fourth-order valence-corrected chi connectivity index (χ4v) is 4.12. The average Bonchev–Trinajstić information content (AvgIpc) is 2.38. The maximum Gasteiger partial charge on any atom is 0.314 e. The van der Waals surface area contributed by atoms with Crippen molar-refractivity contribution in [2.75, 3.05) is 0 Å². The van der Waals surface area contributed by atoms with Crippen molar-refractivity contribution in [3.63, 3.8) is 0 Å². The van der Waals surface area contributed by atoms with Gasteiger partial charge in [0.05, 0.1) is 0 Å². The van der Waals surface area contributed by atoms with Crippen LogP contribution in [0.25, 0.3) is 0 Å². The molecule has 0 unspecified atom stereocenters. The van der Waals surface area contributed by atoms with Crippen molar-refractivity contribution in [3.8, 4) is 0 Å². The second-order valence-electron chi connectivity index (χ2n) is 3.84. The molecular weight excluding hydrogens is 326 g/mol. The van der Waals surface area contributed by atoms with Gasteiger partial charge in [-0.1, -0.05) is 24.3 Å². The lowest BCUT2D eigenvalue weighted by molar-refractivity contribution is 0.451. The van der Waals surface area contributed by atoms with Crippen LogP contribution < -0.4 is 0 Å². The minimum absolute atomic E-state index is 0.825. The zero-order valence-corrected chi connectivity index (χ0v) is 11.9. The van der Waals surface area contributed by atoms with Crippen molar-refractivity contribution in [2.24, 2.45) is 0 Å². The summed E-state index contributed by atoms with van der Waals surface area (Å²) in [4.78, 5) is -1.91. The van der Waals surface area contributed by atoms with Gasteiger partial charge in [-0.3, -0.25) is 0 Å². The van der Waals surface area contributed by atoms with Crippen molar-refractivity contribution < 1.29 is 29.2 Å². The fraction of sp³-hybridized carbons (Fsp3) is 0. The highest BCUT2D eigenvalue weighted by Gasteiger charge is 2.30. The zero-order valence-electron chi connectivity index (χ0n) is 10.2. The van der Waals surface area contributed by atoms with Crippen LogP contribution >= 0.6 is 0 Å². The van der Waals surface area contributed by atoms with E-state index in [4.69, 9.17) is 0 Å². The van der Waals surface area contributed by atoms with Gasteiger partial charge in [-0.2, -0.15) is 16.8 Å². The Hall–Kier alpha value is -1.84. The summed E-state index contributed by atoms with van der Waals surface area (Å²) in [5.74, 6) is -2.36. The molecule has 2 rings (SSSR count). The molecule has 0 aliphatic carbocycles. The van der Waals surface area contributed by atoms with Crippen molar-refractivity contribution >= 4 is 20.2 Å². The Labute approximate surface area is 120 Å². The summed E-state index contributed by atoms with van der Waals surface area (Å²) in [6, 6.07) is 8.14. The molecule has 0 radical (unpaired) electrons. The summed E-state index contributed by atoms with van der Waals surface area (Å²) in [6.45, 7) is 0. The normalized spacial score (nSPS) is 12.3. The van der Waals surface area contributed by atoms with E-state index in [0.29, 0.717) is 0 Å². The minimum atomic E-state index is -4.94. The molecule has 0 aliphatic heterocycles. The van der Waals surface area contributed by atoms with E-state index >= 15 is 0 Å². The molecule has 112 valence electrons. The van der Waals surface area contributed by atoms with Gasteiger partial charge in [-0.15, -0.1) is 3.63 Å². The second kappa shape index (κ2) is 5.51. The average molecular weight is 334 g/mol. The standard InChI is InChI=1S/C12H8F2O5S2/c13-9-5-1-3-7-11(9)20(15,16)19-21(17,18)12-8-4-2-6-10(12)14/h1-8H. The smallest absolute Gasteiger partial charge is 0.205 e. The molecule has 0 fully saturated rings. The molecule has 2 aromatic rings. The molecule has 0 heterocycles. The van der Waals surface area contributed by atoms with E-state index in [9.17, 15) is 25.6 Å². The van der Waals surface area contributed by atoms with Crippen molar-refractivity contribution in [1.29, 1.82) is 0 Å². The van der Waals surface area contributed by atoms with E-state index in [1.165, 1.54) is 24.3 Å². The third kappa shape index (κ3) is 3.26. The van der Waals surface area contributed by atoms with E-state index < -0.39 is 41.7 Å². The number of benzene rings is 2. The fourth-order valence-electron chi connectivity index (χ4n) is 1.49. The number of hydrogen-bond donors (Lipinski definition) is 0. The Morgan fingerprint density at radius 3 is 1.33 bits per heavy atom. The van der Waals surface area contributed by atoms with Crippen LogP contribution in [0.15, 0.2) is 58.3 Å². The first kappa shape index (κ1) is 15.5. The predicted molar refractivity (Wildman–Crippen MR) is 68.3 cm³/mol. The van der Waals surface area contributed by atoms with Crippen LogP contribution in [0.4, 0.5) is 8.78 Å². The SMILES string of the molecule is O=S(=O)(OS(=O)(=O)c1ccccc1F)c1ccccc1F. The lowest BCUT2D eigenvalue weighted by Crippen LogP contribution is -2.16. The Bertz CT molecular complexity index is 803. The second-order valence-corrected chi connectivity index (χ2v) is 7.08. The molecule has 9 heteroatoms. The molecule has 0 aliphatic rings. The summed E-state index contributed by atoms with van der Waals surface area (Å²) in [5, 5.41) is 0. The minimum Gasteiger partial charge on any atom is -0.205 e. The van der Waals surface area contributed by atoms with E-state index in [1.807, 2.05) is 0 Å². The number of rotatable bonds is 4. The quantitative estimate of drug-likeness (QED) is 0.855. The summed E-state index contributed by atoms with van der Waals surface area (Å²) in [7, 11) is -9.89. The van der Waals surface area contributed by atoms with Crippen LogP contribution in [-0.4, -0.2) is 16.8 Å². The third-order valence-corrected chi connectivity index (χ3v) is 5.56. The van der Waals surface area contributed by atoms with Crippen LogP contribution in [0, 0.1) is 11.6 Å². The van der Waals surface area contributed by atoms with Crippen molar-refractivity contribution in [3.05, 3.63) is 60.2 Å². The highest BCUT2D eigenvalue weighted by molar-refractivity contribution is 7.99.